The van der Waals surface area contributed by atoms with Crippen molar-refractivity contribution in [3.63, 3.8) is 0 Å². The van der Waals surface area contributed by atoms with Crippen LogP contribution < -0.4 is 9.46 Å². The summed E-state index contributed by atoms with van der Waals surface area (Å²) in [5.74, 6) is 0.790. The molecule has 2 aliphatic carbocycles. The maximum absolute atomic E-state index is 13.5. The van der Waals surface area contributed by atoms with Crippen LogP contribution in [-0.4, -0.2) is 30.9 Å². The summed E-state index contributed by atoms with van der Waals surface area (Å²) >= 11 is 0. The molecule has 2 saturated carbocycles. The number of amides is 1. The van der Waals surface area contributed by atoms with E-state index in [1.54, 1.807) is 36.7 Å². The van der Waals surface area contributed by atoms with Crippen LogP contribution in [0.3, 0.4) is 0 Å². The van der Waals surface area contributed by atoms with Crippen molar-refractivity contribution in [2.75, 3.05) is 6.61 Å². The molecule has 0 spiro atoms. The van der Waals surface area contributed by atoms with Gasteiger partial charge in [-0.05, 0) is 67.5 Å². The summed E-state index contributed by atoms with van der Waals surface area (Å²) < 4.78 is 34.7. The number of pyridine rings is 2. The average molecular weight is 466 g/mol. The van der Waals surface area contributed by atoms with E-state index in [0.717, 1.165) is 24.1 Å². The van der Waals surface area contributed by atoms with E-state index in [1.807, 2.05) is 6.07 Å². The summed E-state index contributed by atoms with van der Waals surface area (Å²) in [5, 5.41) is 0.481. The number of hydrogen-bond donors (Lipinski definition) is 1. The summed E-state index contributed by atoms with van der Waals surface area (Å²) in [6.45, 7) is 4.68. The van der Waals surface area contributed by atoms with Gasteiger partial charge in [0.2, 0.25) is 5.91 Å². The number of carbonyl (C=O) groups is 1. The van der Waals surface area contributed by atoms with Crippen LogP contribution in [0.2, 0.25) is 0 Å². The Morgan fingerprint density at radius 2 is 1.97 bits per heavy atom. The first-order valence-electron chi connectivity index (χ1n) is 11.3. The number of nitrogens with zero attached hydrogens (tertiary/aromatic N) is 2. The fourth-order valence-electron chi connectivity index (χ4n) is 4.19. The Labute approximate surface area is 193 Å². The predicted octanol–water partition coefficient (Wildman–Crippen LogP) is 4.08. The van der Waals surface area contributed by atoms with Gasteiger partial charge in [0.05, 0.1) is 28.6 Å². The smallest absolute Gasteiger partial charge is 0.264 e. The molecule has 2 aromatic heterocycles. The highest BCUT2D eigenvalue weighted by molar-refractivity contribution is 7.90. The molecule has 0 radical (unpaired) electrons. The largest absolute Gasteiger partial charge is 0.492 e. The summed E-state index contributed by atoms with van der Waals surface area (Å²) in [4.78, 5) is 22.4. The second-order valence-electron chi connectivity index (χ2n) is 9.43. The van der Waals surface area contributed by atoms with Gasteiger partial charge in [0.15, 0.2) is 0 Å². The Bertz CT molecular complexity index is 1320. The average Bonchev–Trinajstić information content (AvgIpc) is 3.70. The number of carbonyl (C=O) groups excluding carboxylic acids is 1. The van der Waals surface area contributed by atoms with Gasteiger partial charge in [0.25, 0.3) is 10.0 Å². The zero-order valence-electron chi connectivity index (χ0n) is 18.7. The molecule has 172 valence electrons. The van der Waals surface area contributed by atoms with Gasteiger partial charge in [0.1, 0.15) is 5.75 Å². The van der Waals surface area contributed by atoms with Crippen LogP contribution in [0.1, 0.15) is 56.7 Å². The molecular weight excluding hydrogens is 438 g/mol. The Kier molecular flexibility index (Phi) is 5.35. The van der Waals surface area contributed by atoms with Gasteiger partial charge in [-0.3, -0.25) is 14.8 Å². The standard InChI is InChI=1S/C25H27N3O4S/c1-16(2)15-32-18-13-20(23(27-14-18)17-8-9-17)25(10-11-25)24(29)28-33(30,31)22-7-3-6-21-19(22)5-4-12-26-21/h3-7,12-14,16-17H,8-11,15H2,1-2H3,(H,28,29). The molecule has 1 aromatic carbocycles. The second-order valence-corrected chi connectivity index (χ2v) is 11.1. The molecule has 33 heavy (non-hydrogen) atoms. The van der Waals surface area contributed by atoms with E-state index in [4.69, 9.17) is 4.74 Å². The summed E-state index contributed by atoms with van der Waals surface area (Å²) in [7, 11) is -4.08. The molecule has 5 rings (SSSR count). The van der Waals surface area contributed by atoms with E-state index < -0.39 is 21.3 Å². The second kappa shape index (κ2) is 8.09. The molecule has 1 amide bonds. The molecule has 0 bridgehead atoms. The van der Waals surface area contributed by atoms with E-state index in [2.05, 4.69) is 28.5 Å². The van der Waals surface area contributed by atoms with Gasteiger partial charge in [-0.2, -0.15) is 0 Å². The molecule has 2 heterocycles. The van der Waals surface area contributed by atoms with Crippen molar-refractivity contribution in [1.29, 1.82) is 0 Å². The van der Waals surface area contributed by atoms with Crippen LogP contribution in [-0.2, 0) is 20.2 Å². The van der Waals surface area contributed by atoms with Crippen LogP contribution in [0.25, 0.3) is 10.9 Å². The number of nitrogens with one attached hydrogen (secondary N) is 1. The Morgan fingerprint density at radius 3 is 2.67 bits per heavy atom. The molecule has 0 aliphatic heterocycles. The first-order chi connectivity index (χ1) is 15.8. The van der Waals surface area contributed by atoms with E-state index in [-0.39, 0.29) is 4.90 Å². The number of sulfonamides is 1. The highest BCUT2D eigenvalue weighted by Crippen LogP contribution is 2.54. The van der Waals surface area contributed by atoms with E-state index in [1.165, 1.54) is 6.07 Å². The number of benzene rings is 1. The minimum absolute atomic E-state index is 0.0480. The van der Waals surface area contributed by atoms with Gasteiger partial charge in [-0.25, -0.2) is 13.1 Å². The first kappa shape index (κ1) is 21.8. The molecule has 0 unspecified atom stereocenters. The topological polar surface area (TPSA) is 98.2 Å². The monoisotopic (exact) mass is 465 g/mol. The molecule has 3 aromatic rings. The SMILES string of the molecule is CC(C)COc1cnc(C2CC2)c(C2(C(=O)NS(=O)(=O)c3cccc4ncccc34)CC2)c1. The van der Waals surface area contributed by atoms with Gasteiger partial charge < -0.3 is 4.74 Å². The fraction of sp³-hybridized carbons (Fsp3) is 0.400. The molecule has 0 atom stereocenters. The van der Waals surface area contributed by atoms with Crippen molar-refractivity contribution in [3.8, 4) is 5.75 Å². The van der Waals surface area contributed by atoms with Gasteiger partial charge in [-0.1, -0.05) is 19.9 Å². The van der Waals surface area contributed by atoms with Crippen LogP contribution in [0.5, 0.6) is 5.75 Å². The van der Waals surface area contributed by atoms with Crippen LogP contribution in [0.15, 0.2) is 53.7 Å². The van der Waals surface area contributed by atoms with Crippen LogP contribution in [0.4, 0.5) is 0 Å². The molecule has 2 aliphatic rings. The predicted molar refractivity (Wildman–Crippen MR) is 125 cm³/mol. The van der Waals surface area contributed by atoms with Crippen LogP contribution in [0, 0.1) is 5.92 Å². The third-order valence-electron chi connectivity index (χ3n) is 6.26. The lowest BCUT2D eigenvalue weighted by atomic mass is 9.92. The zero-order valence-corrected chi connectivity index (χ0v) is 19.6. The van der Waals surface area contributed by atoms with Crippen molar-refractivity contribution in [3.05, 3.63) is 60.0 Å². The minimum Gasteiger partial charge on any atom is -0.492 e. The number of aromatic nitrogens is 2. The van der Waals surface area contributed by atoms with Crippen molar-refractivity contribution in [2.24, 2.45) is 5.92 Å². The molecule has 0 saturated heterocycles. The number of ether oxygens (including phenoxy) is 1. The lowest BCUT2D eigenvalue weighted by molar-refractivity contribution is -0.121. The molecule has 2 fully saturated rings. The number of hydrogen-bond acceptors (Lipinski definition) is 6. The maximum atomic E-state index is 13.5. The fourth-order valence-corrected chi connectivity index (χ4v) is 5.46. The Hall–Kier alpha value is -3.00. The van der Waals surface area contributed by atoms with E-state index in [0.29, 0.717) is 47.9 Å². The highest BCUT2D eigenvalue weighted by Gasteiger charge is 2.55. The maximum Gasteiger partial charge on any atom is 0.264 e. The highest BCUT2D eigenvalue weighted by atomic mass is 32.2. The summed E-state index contributed by atoms with van der Waals surface area (Å²) in [6, 6.07) is 10.1. The Balaban J connectivity index is 1.47. The third kappa shape index (κ3) is 4.19. The van der Waals surface area contributed by atoms with Crippen molar-refractivity contribution in [2.45, 2.75) is 55.8 Å². The molecule has 7 nitrogen and oxygen atoms in total. The van der Waals surface area contributed by atoms with Crippen molar-refractivity contribution in [1.82, 2.24) is 14.7 Å². The van der Waals surface area contributed by atoms with Gasteiger partial charge >= 0.3 is 0 Å². The first-order valence-corrected chi connectivity index (χ1v) is 12.8. The molecular formula is C25H27N3O4S. The van der Waals surface area contributed by atoms with Gasteiger partial charge in [0, 0.05) is 23.2 Å². The normalized spacial score (nSPS) is 17.2. The molecule has 8 heteroatoms. The number of rotatable bonds is 8. The minimum atomic E-state index is -4.08. The van der Waals surface area contributed by atoms with Crippen molar-refractivity contribution >= 4 is 26.8 Å². The lowest BCUT2D eigenvalue weighted by Crippen LogP contribution is -2.39. The summed E-state index contributed by atoms with van der Waals surface area (Å²) in [6.07, 6.45) is 6.56. The van der Waals surface area contributed by atoms with E-state index in [9.17, 15) is 13.2 Å². The van der Waals surface area contributed by atoms with Gasteiger partial charge in [-0.15, -0.1) is 0 Å². The van der Waals surface area contributed by atoms with E-state index >= 15 is 0 Å². The Morgan fingerprint density at radius 1 is 1.18 bits per heavy atom. The van der Waals surface area contributed by atoms with Crippen LogP contribution >= 0.6 is 0 Å². The number of fused-ring (bicyclic) bond motifs is 1. The molecule has 1 N–H and O–H groups in total. The zero-order chi connectivity index (χ0) is 23.2. The lowest BCUT2D eigenvalue weighted by Gasteiger charge is -2.20. The van der Waals surface area contributed by atoms with Crippen molar-refractivity contribution < 1.29 is 17.9 Å². The quantitative estimate of drug-likeness (QED) is 0.538. The summed E-state index contributed by atoms with van der Waals surface area (Å²) in [5.41, 5.74) is 1.37. The third-order valence-corrected chi connectivity index (χ3v) is 7.65.